The molecule has 10 heteroatoms. The molecule has 0 amide bonds. The van der Waals surface area contributed by atoms with Crippen molar-refractivity contribution in [1.29, 1.82) is 0 Å². The highest BCUT2D eigenvalue weighted by atomic mass is 35.5. The fraction of sp³-hybridized carbons (Fsp3) is 0.357. The van der Waals surface area contributed by atoms with Crippen molar-refractivity contribution >= 4 is 27.4 Å². The second kappa shape index (κ2) is 5.96. The predicted molar refractivity (Wildman–Crippen MR) is 84.6 cm³/mol. The van der Waals surface area contributed by atoms with Crippen LogP contribution in [-0.4, -0.2) is 18.6 Å². The molecule has 1 heterocycles. The molecule has 0 aliphatic rings. The summed E-state index contributed by atoms with van der Waals surface area (Å²) in [5, 5.41) is 6.18. The molecule has 132 valence electrons. The monoisotopic (exact) mass is 381 g/mol. The van der Waals surface area contributed by atoms with Gasteiger partial charge in [-0.05, 0) is 18.2 Å². The zero-order chi connectivity index (χ0) is 18.3. The molecule has 2 N–H and O–H groups in total. The number of nitrogens with one attached hydrogen (secondary N) is 2. The highest BCUT2D eigenvalue weighted by Gasteiger charge is 2.33. The van der Waals surface area contributed by atoms with Crippen LogP contribution in [0.25, 0.3) is 0 Å². The fourth-order valence-corrected chi connectivity index (χ4v) is 3.36. The predicted octanol–water partition coefficient (Wildman–Crippen LogP) is 4.18. The van der Waals surface area contributed by atoms with Crippen LogP contribution in [0.1, 0.15) is 32.0 Å². The fourth-order valence-electron chi connectivity index (χ4n) is 1.84. The van der Waals surface area contributed by atoms with Gasteiger partial charge in [0.15, 0.2) is 5.82 Å². The van der Waals surface area contributed by atoms with Crippen molar-refractivity contribution in [2.75, 3.05) is 4.72 Å². The molecule has 0 saturated carbocycles. The summed E-state index contributed by atoms with van der Waals surface area (Å²) in [5.74, 6) is -0.0339. The van der Waals surface area contributed by atoms with Gasteiger partial charge < -0.3 is 0 Å². The van der Waals surface area contributed by atoms with Crippen molar-refractivity contribution in [2.24, 2.45) is 0 Å². The first-order chi connectivity index (χ1) is 10.8. The third-order valence-corrected chi connectivity index (χ3v) is 5.01. The molecule has 0 aliphatic heterocycles. The number of hydrogen-bond acceptors (Lipinski definition) is 3. The van der Waals surface area contributed by atoms with Crippen LogP contribution >= 0.6 is 11.6 Å². The van der Waals surface area contributed by atoms with Gasteiger partial charge in [-0.1, -0.05) is 32.4 Å². The standard InChI is InChI=1S/C14H15ClF3N3O2S/c1-13(2,3)11-7-12(20-19-11)21-24(22,23)10-6-8(14(16,17)18)4-5-9(10)15/h4-7H,1-3H3,(H2,19,20,21). The molecular weight excluding hydrogens is 367 g/mol. The maximum absolute atomic E-state index is 12.8. The Morgan fingerprint density at radius 1 is 1.17 bits per heavy atom. The Balaban J connectivity index is 2.39. The summed E-state index contributed by atoms with van der Waals surface area (Å²) in [5.41, 5.74) is -0.745. The molecule has 24 heavy (non-hydrogen) atoms. The Morgan fingerprint density at radius 3 is 2.29 bits per heavy atom. The minimum absolute atomic E-state index is 0.0339. The van der Waals surface area contributed by atoms with E-state index in [1.54, 1.807) is 0 Å². The highest BCUT2D eigenvalue weighted by Crippen LogP contribution is 2.34. The first-order valence-corrected chi connectivity index (χ1v) is 8.62. The molecule has 2 rings (SSSR count). The van der Waals surface area contributed by atoms with E-state index in [-0.39, 0.29) is 16.3 Å². The Bertz CT molecular complexity index is 855. The quantitative estimate of drug-likeness (QED) is 0.837. The van der Waals surface area contributed by atoms with Crippen LogP contribution < -0.4 is 4.72 Å². The van der Waals surface area contributed by atoms with Crippen LogP contribution in [-0.2, 0) is 21.6 Å². The molecule has 1 aromatic heterocycles. The summed E-state index contributed by atoms with van der Waals surface area (Å²) in [4.78, 5) is -0.667. The second-order valence-corrected chi connectivity index (χ2v) is 8.22. The van der Waals surface area contributed by atoms with E-state index in [2.05, 4.69) is 14.9 Å². The number of benzene rings is 1. The van der Waals surface area contributed by atoms with Gasteiger partial charge in [0.05, 0.1) is 10.6 Å². The summed E-state index contributed by atoms with van der Waals surface area (Å²) >= 11 is 5.76. The van der Waals surface area contributed by atoms with E-state index >= 15 is 0 Å². The van der Waals surface area contributed by atoms with E-state index in [9.17, 15) is 21.6 Å². The van der Waals surface area contributed by atoms with Gasteiger partial charge >= 0.3 is 6.18 Å². The van der Waals surface area contributed by atoms with E-state index in [1.807, 2.05) is 20.8 Å². The van der Waals surface area contributed by atoms with Crippen LogP contribution in [0, 0.1) is 0 Å². The third kappa shape index (κ3) is 4.02. The van der Waals surface area contributed by atoms with Gasteiger partial charge in [0, 0.05) is 17.2 Å². The number of anilines is 1. The molecule has 0 radical (unpaired) electrons. The Hall–Kier alpha value is -1.74. The van der Waals surface area contributed by atoms with E-state index in [0.717, 1.165) is 6.07 Å². The SMILES string of the molecule is CC(C)(C)c1cc(NS(=O)(=O)c2cc(C(F)(F)F)ccc2Cl)n[nH]1. The number of sulfonamides is 1. The number of aromatic nitrogens is 2. The zero-order valence-corrected chi connectivity index (χ0v) is 14.6. The van der Waals surface area contributed by atoms with Crippen molar-refractivity contribution in [1.82, 2.24) is 10.2 Å². The van der Waals surface area contributed by atoms with Crippen LogP contribution in [0.3, 0.4) is 0 Å². The lowest BCUT2D eigenvalue weighted by molar-refractivity contribution is -0.137. The maximum Gasteiger partial charge on any atom is 0.416 e. The van der Waals surface area contributed by atoms with Crippen LogP contribution in [0.4, 0.5) is 19.0 Å². The molecule has 0 bridgehead atoms. The first-order valence-electron chi connectivity index (χ1n) is 6.76. The smallest absolute Gasteiger partial charge is 0.280 e. The summed E-state index contributed by atoms with van der Waals surface area (Å²) in [6, 6.07) is 3.57. The van der Waals surface area contributed by atoms with Gasteiger partial charge in [-0.2, -0.15) is 18.3 Å². The van der Waals surface area contributed by atoms with Gasteiger partial charge in [0.25, 0.3) is 10.0 Å². The Kier molecular flexibility index (Phi) is 4.62. The largest absolute Gasteiger partial charge is 0.416 e. The Morgan fingerprint density at radius 2 is 1.79 bits per heavy atom. The molecule has 2 aromatic rings. The van der Waals surface area contributed by atoms with Crippen molar-refractivity contribution in [3.8, 4) is 0 Å². The highest BCUT2D eigenvalue weighted by molar-refractivity contribution is 7.92. The molecule has 0 saturated heterocycles. The van der Waals surface area contributed by atoms with E-state index in [0.29, 0.717) is 17.8 Å². The number of H-pyrrole nitrogens is 1. The van der Waals surface area contributed by atoms with Gasteiger partial charge in [-0.25, -0.2) is 8.42 Å². The maximum atomic E-state index is 12.8. The number of rotatable bonds is 3. The topological polar surface area (TPSA) is 74.8 Å². The lowest BCUT2D eigenvalue weighted by atomic mass is 9.92. The minimum Gasteiger partial charge on any atom is -0.280 e. The third-order valence-electron chi connectivity index (χ3n) is 3.17. The summed E-state index contributed by atoms with van der Waals surface area (Å²) in [6.07, 6.45) is -4.68. The second-order valence-electron chi connectivity index (χ2n) is 6.17. The molecule has 5 nitrogen and oxygen atoms in total. The van der Waals surface area contributed by atoms with E-state index in [1.165, 1.54) is 6.07 Å². The minimum atomic E-state index is -4.68. The number of hydrogen-bond donors (Lipinski definition) is 2. The van der Waals surface area contributed by atoms with Crippen LogP contribution in [0.2, 0.25) is 5.02 Å². The first kappa shape index (κ1) is 18.6. The number of aromatic amines is 1. The van der Waals surface area contributed by atoms with Gasteiger partial charge in [0.2, 0.25) is 0 Å². The van der Waals surface area contributed by atoms with Crippen molar-refractivity contribution in [3.63, 3.8) is 0 Å². The molecule has 1 aromatic carbocycles. The average molecular weight is 382 g/mol. The summed E-state index contributed by atoms with van der Waals surface area (Å²) in [7, 11) is -4.32. The number of alkyl halides is 3. The van der Waals surface area contributed by atoms with Crippen LogP contribution in [0.15, 0.2) is 29.2 Å². The zero-order valence-electron chi connectivity index (χ0n) is 13.0. The molecule has 0 aliphatic carbocycles. The molecular formula is C14H15ClF3N3O2S. The molecule has 0 fully saturated rings. The summed E-state index contributed by atoms with van der Waals surface area (Å²) < 4.78 is 65.1. The summed E-state index contributed by atoms with van der Waals surface area (Å²) in [6.45, 7) is 5.67. The van der Waals surface area contributed by atoms with Crippen molar-refractivity contribution in [2.45, 2.75) is 37.3 Å². The van der Waals surface area contributed by atoms with Crippen molar-refractivity contribution in [3.05, 3.63) is 40.5 Å². The van der Waals surface area contributed by atoms with Gasteiger partial charge in [-0.15, -0.1) is 0 Å². The van der Waals surface area contributed by atoms with Crippen molar-refractivity contribution < 1.29 is 21.6 Å². The van der Waals surface area contributed by atoms with Crippen LogP contribution in [0.5, 0.6) is 0 Å². The molecule has 0 atom stereocenters. The normalized spacial score (nSPS) is 13.1. The van der Waals surface area contributed by atoms with Gasteiger partial charge in [-0.3, -0.25) is 9.82 Å². The average Bonchev–Trinajstić information content (AvgIpc) is 2.85. The molecule has 0 spiro atoms. The number of halogens is 4. The van der Waals surface area contributed by atoms with E-state index in [4.69, 9.17) is 11.6 Å². The van der Waals surface area contributed by atoms with Gasteiger partial charge in [0.1, 0.15) is 4.90 Å². The Labute approximate surface area is 142 Å². The number of nitrogens with zero attached hydrogens (tertiary/aromatic N) is 1. The lowest BCUT2D eigenvalue weighted by Crippen LogP contribution is -2.15. The molecule has 0 unspecified atom stereocenters. The van der Waals surface area contributed by atoms with E-state index < -0.39 is 26.7 Å². The lowest BCUT2D eigenvalue weighted by Gasteiger charge is -2.14.